The molecule has 32 heavy (non-hydrogen) atoms. The summed E-state index contributed by atoms with van der Waals surface area (Å²) < 4.78 is 60.3. The van der Waals surface area contributed by atoms with E-state index < -0.39 is 42.7 Å². The van der Waals surface area contributed by atoms with Crippen LogP contribution in [0.25, 0.3) is 21.9 Å². The molecule has 0 unspecified atom stereocenters. The maximum atomic E-state index is 13.9. The number of halogens is 4. The second-order valence-corrected chi connectivity index (χ2v) is 8.42. The first-order valence-electron chi connectivity index (χ1n) is 10.0. The predicted molar refractivity (Wildman–Crippen MR) is 112 cm³/mol. The number of nitrogens with one attached hydrogen (secondary N) is 1. The Balaban J connectivity index is 1.80. The van der Waals surface area contributed by atoms with Crippen molar-refractivity contribution < 1.29 is 36.7 Å². The van der Waals surface area contributed by atoms with Crippen LogP contribution in [0.4, 0.5) is 17.6 Å². The number of aryl methyl sites for hydroxylation is 1. The zero-order valence-corrected chi connectivity index (χ0v) is 17.5. The van der Waals surface area contributed by atoms with Gasteiger partial charge in [-0.25, -0.2) is 4.39 Å². The third-order valence-electron chi connectivity index (χ3n) is 5.20. The van der Waals surface area contributed by atoms with Crippen molar-refractivity contribution in [2.45, 2.75) is 57.0 Å². The van der Waals surface area contributed by atoms with E-state index in [9.17, 15) is 32.3 Å². The van der Waals surface area contributed by atoms with Crippen LogP contribution in [0.15, 0.2) is 40.8 Å². The van der Waals surface area contributed by atoms with Gasteiger partial charge in [0.25, 0.3) is 0 Å². The van der Waals surface area contributed by atoms with Gasteiger partial charge in [-0.15, -0.1) is 0 Å². The van der Waals surface area contributed by atoms with Crippen molar-refractivity contribution in [2.75, 3.05) is 0 Å². The molecular formula is C23H23F4NO4. The van der Waals surface area contributed by atoms with Gasteiger partial charge in [0.05, 0.1) is 0 Å². The molecule has 3 aromatic rings. The van der Waals surface area contributed by atoms with Crippen molar-refractivity contribution in [1.29, 1.82) is 0 Å². The van der Waals surface area contributed by atoms with Crippen molar-refractivity contribution in [3.05, 3.63) is 47.5 Å². The first-order valence-corrected chi connectivity index (χ1v) is 10.0. The molecule has 0 spiro atoms. The van der Waals surface area contributed by atoms with Gasteiger partial charge >= 0.3 is 12.1 Å². The number of alkyl halides is 4. The summed E-state index contributed by atoms with van der Waals surface area (Å²) in [4.78, 5) is 22.4. The number of fused-ring (bicyclic) bond motifs is 3. The van der Waals surface area contributed by atoms with Crippen molar-refractivity contribution in [3.63, 3.8) is 0 Å². The number of carboxylic acids is 1. The molecule has 2 aromatic carbocycles. The molecule has 172 valence electrons. The van der Waals surface area contributed by atoms with Gasteiger partial charge in [0.1, 0.15) is 35.2 Å². The number of benzene rings is 2. The van der Waals surface area contributed by atoms with Crippen molar-refractivity contribution >= 4 is 34.2 Å². The number of aliphatic carboxylic acids is 1. The average molecular weight is 453 g/mol. The molecule has 2 atom stereocenters. The highest BCUT2D eigenvalue weighted by Gasteiger charge is 2.42. The number of aldehydes is 1. The maximum absolute atomic E-state index is 13.9. The third kappa shape index (κ3) is 5.64. The van der Waals surface area contributed by atoms with E-state index in [-0.39, 0.29) is 6.42 Å². The van der Waals surface area contributed by atoms with Gasteiger partial charge in [0.15, 0.2) is 0 Å². The number of hydrogen-bond donors (Lipinski definition) is 2. The molecule has 0 aliphatic carbocycles. The SMILES string of the molecule is CC(C)(F)C[C@H](N[C@@H](CCc1ccc2c(c1)oc1ccc(C=O)cc12)C(F)(F)F)C(=O)O. The van der Waals surface area contributed by atoms with Crippen LogP contribution < -0.4 is 5.32 Å². The van der Waals surface area contributed by atoms with Gasteiger partial charge in [-0.2, -0.15) is 13.2 Å². The Hall–Kier alpha value is -2.94. The minimum absolute atomic E-state index is 0.00485. The second-order valence-electron chi connectivity index (χ2n) is 8.42. The number of hydrogen-bond acceptors (Lipinski definition) is 4. The van der Waals surface area contributed by atoms with E-state index in [0.29, 0.717) is 28.6 Å². The fraction of sp³-hybridized carbons (Fsp3) is 0.391. The zero-order valence-electron chi connectivity index (χ0n) is 17.5. The highest BCUT2D eigenvalue weighted by Crippen LogP contribution is 2.31. The fourth-order valence-corrected chi connectivity index (χ4v) is 3.67. The highest BCUT2D eigenvalue weighted by molar-refractivity contribution is 6.06. The van der Waals surface area contributed by atoms with Crippen LogP contribution in [0.3, 0.4) is 0 Å². The van der Waals surface area contributed by atoms with Crippen LogP contribution in [0.2, 0.25) is 0 Å². The summed E-state index contributed by atoms with van der Waals surface area (Å²) in [5.41, 5.74) is 0.131. The molecule has 0 saturated carbocycles. The van der Waals surface area contributed by atoms with Crippen LogP contribution >= 0.6 is 0 Å². The van der Waals surface area contributed by atoms with Crippen LogP contribution in [0.1, 0.15) is 42.6 Å². The number of carboxylic acid groups (broad SMARTS) is 1. The molecule has 2 N–H and O–H groups in total. The highest BCUT2D eigenvalue weighted by atomic mass is 19.4. The van der Waals surface area contributed by atoms with Crippen molar-refractivity contribution in [3.8, 4) is 0 Å². The minimum Gasteiger partial charge on any atom is -0.480 e. The molecule has 3 rings (SSSR count). The summed E-state index contributed by atoms with van der Waals surface area (Å²) in [7, 11) is 0. The molecule has 0 fully saturated rings. The van der Waals surface area contributed by atoms with Gasteiger partial charge in [0.2, 0.25) is 0 Å². The largest absolute Gasteiger partial charge is 0.480 e. The first kappa shape index (κ1) is 23.7. The fourth-order valence-electron chi connectivity index (χ4n) is 3.67. The smallest absolute Gasteiger partial charge is 0.403 e. The minimum atomic E-state index is -4.71. The van der Waals surface area contributed by atoms with Crippen molar-refractivity contribution in [2.24, 2.45) is 0 Å². The van der Waals surface area contributed by atoms with Crippen LogP contribution in [-0.2, 0) is 11.2 Å². The molecule has 0 radical (unpaired) electrons. The summed E-state index contributed by atoms with van der Waals surface area (Å²) >= 11 is 0. The summed E-state index contributed by atoms with van der Waals surface area (Å²) in [6, 6.07) is 6.15. The normalized spacial score (nSPS) is 14.6. The quantitative estimate of drug-likeness (QED) is 0.333. The standard InChI is InChI=1S/C23H23F4NO4/c1-22(2,24)11-17(21(30)31)28-20(23(25,26)27)8-5-13-3-6-15-16-9-14(12-29)4-7-18(16)32-19(15)10-13/h3-4,6-7,9-10,12,17,20,28H,5,8,11H2,1-2H3,(H,30,31)/t17-,20-/m0/s1. The number of furan rings is 1. The Bertz CT molecular complexity index is 1130. The molecule has 0 aliphatic rings. The number of carbonyl (C=O) groups excluding carboxylic acids is 1. The maximum Gasteiger partial charge on any atom is 0.403 e. The van der Waals surface area contributed by atoms with Gasteiger partial charge in [-0.05, 0) is 56.5 Å². The number of carbonyl (C=O) groups is 2. The third-order valence-corrected chi connectivity index (χ3v) is 5.20. The monoisotopic (exact) mass is 453 g/mol. The van der Waals surface area contributed by atoms with E-state index >= 15 is 0 Å². The Morgan fingerprint density at radius 1 is 1.09 bits per heavy atom. The predicted octanol–water partition coefficient (Wildman–Crippen LogP) is 5.44. The van der Waals surface area contributed by atoms with E-state index in [1.54, 1.807) is 36.4 Å². The van der Waals surface area contributed by atoms with Crippen LogP contribution in [-0.4, -0.2) is 41.3 Å². The zero-order chi connectivity index (χ0) is 23.7. The summed E-state index contributed by atoms with van der Waals surface area (Å²) in [6.45, 7) is 2.24. The molecule has 0 saturated heterocycles. The second kappa shape index (κ2) is 8.90. The Morgan fingerprint density at radius 3 is 2.41 bits per heavy atom. The van der Waals surface area contributed by atoms with Gasteiger partial charge in [-0.3, -0.25) is 14.9 Å². The lowest BCUT2D eigenvalue weighted by Gasteiger charge is -2.28. The van der Waals surface area contributed by atoms with E-state index in [1.165, 1.54) is 0 Å². The van der Waals surface area contributed by atoms with E-state index in [1.807, 2.05) is 0 Å². The molecule has 5 nitrogen and oxygen atoms in total. The van der Waals surface area contributed by atoms with Gasteiger partial charge in [-0.1, -0.05) is 12.1 Å². The van der Waals surface area contributed by atoms with E-state index in [0.717, 1.165) is 24.6 Å². The van der Waals surface area contributed by atoms with Gasteiger partial charge in [0, 0.05) is 22.8 Å². The lowest BCUT2D eigenvalue weighted by atomic mass is 9.98. The molecule has 0 aliphatic heterocycles. The first-order chi connectivity index (χ1) is 14.9. The molecule has 1 heterocycles. The summed E-state index contributed by atoms with van der Waals surface area (Å²) in [6.07, 6.45) is -5.02. The lowest BCUT2D eigenvalue weighted by molar-refractivity contribution is -0.163. The van der Waals surface area contributed by atoms with E-state index in [4.69, 9.17) is 4.42 Å². The number of rotatable bonds is 9. The van der Waals surface area contributed by atoms with Gasteiger partial charge < -0.3 is 9.52 Å². The summed E-state index contributed by atoms with van der Waals surface area (Å²) in [5, 5.41) is 12.8. The van der Waals surface area contributed by atoms with Crippen molar-refractivity contribution in [1.82, 2.24) is 5.32 Å². The topological polar surface area (TPSA) is 79.5 Å². The Morgan fingerprint density at radius 2 is 1.81 bits per heavy atom. The molecule has 1 aromatic heterocycles. The molecule has 0 bridgehead atoms. The average Bonchev–Trinajstić information content (AvgIpc) is 3.05. The summed E-state index contributed by atoms with van der Waals surface area (Å²) in [5.74, 6) is -1.54. The Labute approximate surface area is 181 Å². The molecule has 0 amide bonds. The van der Waals surface area contributed by atoms with Crippen LogP contribution in [0.5, 0.6) is 0 Å². The Kier molecular flexibility index (Phi) is 6.59. The van der Waals surface area contributed by atoms with Crippen LogP contribution in [0, 0.1) is 0 Å². The lowest BCUT2D eigenvalue weighted by Crippen LogP contribution is -2.52. The van der Waals surface area contributed by atoms with E-state index in [2.05, 4.69) is 5.32 Å². The molecule has 9 heteroatoms. The molecular weight excluding hydrogens is 430 g/mol.